The van der Waals surface area contributed by atoms with Crippen LogP contribution in [0.3, 0.4) is 0 Å². The van der Waals surface area contributed by atoms with Crippen LogP contribution in [-0.2, 0) is 9.59 Å². The van der Waals surface area contributed by atoms with Gasteiger partial charge < -0.3 is 10.2 Å². The Morgan fingerprint density at radius 2 is 1.88 bits per heavy atom. The predicted molar refractivity (Wildman–Crippen MR) is 102 cm³/mol. The van der Waals surface area contributed by atoms with Crippen LogP contribution in [0.2, 0.25) is 15.1 Å². The summed E-state index contributed by atoms with van der Waals surface area (Å²) in [5.74, 6) is -0.859. The number of nitrogens with zero attached hydrogens (tertiary/aromatic N) is 1. The van der Waals surface area contributed by atoms with Gasteiger partial charge in [0, 0.05) is 28.7 Å². The predicted octanol–water partition coefficient (Wildman–Crippen LogP) is 4.95. The summed E-state index contributed by atoms with van der Waals surface area (Å²) in [6, 6.07) is 10.2. The number of halogens is 3. The summed E-state index contributed by atoms with van der Waals surface area (Å²) in [5, 5.41) is 4.29. The van der Waals surface area contributed by atoms with Crippen molar-refractivity contribution in [3.63, 3.8) is 0 Å². The summed E-state index contributed by atoms with van der Waals surface area (Å²) in [5.41, 5.74) is 2.05. The topological polar surface area (TPSA) is 49.4 Å². The van der Waals surface area contributed by atoms with E-state index < -0.39 is 5.92 Å². The van der Waals surface area contributed by atoms with Crippen molar-refractivity contribution in [2.24, 2.45) is 5.92 Å². The average Bonchev–Trinajstić information content (AvgIpc) is 2.95. The lowest BCUT2D eigenvalue weighted by atomic mass is 10.1. The smallest absolute Gasteiger partial charge is 0.229 e. The normalized spacial score (nSPS) is 17.0. The van der Waals surface area contributed by atoms with Gasteiger partial charge in [-0.15, -0.1) is 0 Å². The van der Waals surface area contributed by atoms with E-state index in [-0.39, 0.29) is 24.8 Å². The molecule has 1 fully saturated rings. The van der Waals surface area contributed by atoms with Gasteiger partial charge in [0.05, 0.1) is 16.6 Å². The Morgan fingerprint density at radius 1 is 1.12 bits per heavy atom. The van der Waals surface area contributed by atoms with Crippen molar-refractivity contribution in [2.75, 3.05) is 16.8 Å². The first-order valence-electron chi connectivity index (χ1n) is 7.67. The zero-order valence-corrected chi connectivity index (χ0v) is 15.6. The summed E-state index contributed by atoms with van der Waals surface area (Å²) in [6.07, 6.45) is 0.119. The number of nitrogens with one attached hydrogen (secondary N) is 1. The number of anilines is 2. The van der Waals surface area contributed by atoms with Crippen molar-refractivity contribution in [3.05, 3.63) is 57.0 Å². The van der Waals surface area contributed by atoms with E-state index in [2.05, 4.69) is 5.32 Å². The first-order chi connectivity index (χ1) is 11.8. The zero-order valence-electron chi connectivity index (χ0n) is 13.4. The van der Waals surface area contributed by atoms with E-state index in [0.29, 0.717) is 26.4 Å². The van der Waals surface area contributed by atoms with Gasteiger partial charge >= 0.3 is 0 Å². The molecule has 0 aliphatic carbocycles. The summed E-state index contributed by atoms with van der Waals surface area (Å²) in [4.78, 5) is 26.3. The lowest BCUT2D eigenvalue weighted by Gasteiger charge is -2.18. The molecule has 0 saturated carbocycles. The van der Waals surface area contributed by atoms with E-state index in [4.69, 9.17) is 34.8 Å². The van der Waals surface area contributed by atoms with Crippen molar-refractivity contribution in [1.29, 1.82) is 0 Å². The van der Waals surface area contributed by atoms with Gasteiger partial charge in [-0.1, -0.05) is 40.9 Å². The Labute approximate surface area is 160 Å². The van der Waals surface area contributed by atoms with Crippen LogP contribution in [0.15, 0.2) is 36.4 Å². The van der Waals surface area contributed by atoms with E-state index in [1.165, 1.54) is 4.90 Å². The van der Waals surface area contributed by atoms with Gasteiger partial charge in [-0.2, -0.15) is 0 Å². The van der Waals surface area contributed by atoms with Gasteiger partial charge in [0.1, 0.15) is 0 Å². The third kappa shape index (κ3) is 3.92. The quantitative estimate of drug-likeness (QED) is 0.797. The molecule has 3 rings (SSSR count). The number of carbonyl (C=O) groups excluding carboxylic acids is 2. The molecule has 25 heavy (non-hydrogen) atoms. The first-order valence-corrected chi connectivity index (χ1v) is 8.81. The van der Waals surface area contributed by atoms with Crippen LogP contribution < -0.4 is 10.2 Å². The fourth-order valence-corrected chi connectivity index (χ4v) is 3.29. The molecule has 1 atom stereocenters. The van der Waals surface area contributed by atoms with Gasteiger partial charge in [0.25, 0.3) is 0 Å². The lowest BCUT2D eigenvalue weighted by Crippen LogP contribution is -2.28. The molecule has 2 aromatic rings. The Kier molecular flexibility index (Phi) is 5.23. The molecular weight excluding hydrogens is 383 g/mol. The fraction of sp³-hybridized carbons (Fsp3) is 0.222. The Hall–Kier alpha value is -1.75. The maximum absolute atomic E-state index is 12.5. The highest BCUT2D eigenvalue weighted by molar-refractivity contribution is 6.36. The second kappa shape index (κ2) is 7.24. The number of hydrogen-bond donors (Lipinski definition) is 1. The van der Waals surface area contributed by atoms with Crippen LogP contribution in [0.1, 0.15) is 12.0 Å². The third-order valence-electron chi connectivity index (χ3n) is 4.13. The molecule has 0 radical (unpaired) electrons. The zero-order chi connectivity index (χ0) is 18.1. The van der Waals surface area contributed by atoms with Crippen LogP contribution in [0.25, 0.3) is 0 Å². The molecule has 1 aliphatic heterocycles. The largest absolute Gasteiger partial charge is 0.326 e. The summed E-state index contributed by atoms with van der Waals surface area (Å²) < 4.78 is 0. The highest BCUT2D eigenvalue weighted by Crippen LogP contribution is 2.33. The first kappa shape index (κ1) is 18.1. The molecule has 130 valence electrons. The van der Waals surface area contributed by atoms with Gasteiger partial charge in [0.2, 0.25) is 11.8 Å². The highest BCUT2D eigenvalue weighted by atomic mass is 35.5. The van der Waals surface area contributed by atoms with Gasteiger partial charge in [0.15, 0.2) is 0 Å². The van der Waals surface area contributed by atoms with Crippen molar-refractivity contribution < 1.29 is 9.59 Å². The molecule has 2 amide bonds. The van der Waals surface area contributed by atoms with E-state index in [1.807, 2.05) is 13.0 Å². The molecule has 1 N–H and O–H groups in total. The van der Waals surface area contributed by atoms with Crippen LogP contribution >= 0.6 is 34.8 Å². The van der Waals surface area contributed by atoms with Crippen molar-refractivity contribution in [2.45, 2.75) is 13.3 Å². The molecule has 1 unspecified atom stereocenters. The number of benzene rings is 2. The van der Waals surface area contributed by atoms with E-state index in [1.54, 1.807) is 30.3 Å². The fourth-order valence-electron chi connectivity index (χ4n) is 2.72. The van der Waals surface area contributed by atoms with Gasteiger partial charge in [-0.05, 0) is 42.8 Å². The maximum Gasteiger partial charge on any atom is 0.229 e. The third-order valence-corrected chi connectivity index (χ3v) is 5.10. The second-order valence-corrected chi connectivity index (χ2v) is 7.21. The molecule has 4 nitrogen and oxygen atoms in total. The van der Waals surface area contributed by atoms with Crippen molar-refractivity contribution in [1.82, 2.24) is 0 Å². The Morgan fingerprint density at radius 3 is 2.60 bits per heavy atom. The summed E-state index contributed by atoms with van der Waals surface area (Å²) in [6.45, 7) is 2.14. The van der Waals surface area contributed by atoms with Gasteiger partial charge in [-0.25, -0.2) is 0 Å². The van der Waals surface area contributed by atoms with Crippen molar-refractivity contribution in [3.8, 4) is 0 Å². The molecular formula is C18H15Cl3N2O2. The average molecular weight is 398 g/mol. The van der Waals surface area contributed by atoms with E-state index >= 15 is 0 Å². The minimum atomic E-state index is -0.470. The van der Waals surface area contributed by atoms with Gasteiger partial charge in [-0.3, -0.25) is 9.59 Å². The Bertz CT molecular complexity index is 854. The molecule has 0 bridgehead atoms. The lowest BCUT2D eigenvalue weighted by molar-refractivity contribution is -0.122. The number of hydrogen-bond acceptors (Lipinski definition) is 2. The summed E-state index contributed by atoms with van der Waals surface area (Å²) >= 11 is 18.2. The van der Waals surface area contributed by atoms with Crippen molar-refractivity contribution >= 4 is 58.0 Å². The molecule has 1 aliphatic rings. The van der Waals surface area contributed by atoms with Crippen LogP contribution in [0.5, 0.6) is 0 Å². The van der Waals surface area contributed by atoms with E-state index in [0.717, 1.165) is 5.56 Å². The second-order valence-electron chi connectivity index (χ2n) is 5.95. The molecule has 1 saturated heterocycles. The number of aryl methyl sites for hydroxylation is 1. The highest BCUT2D eigenvalue weighted by Gasteiger charge is 2.36. The number of amides is 2. The molecule has 7 heteroatoms. The molecule has 1 heterocycles. The van der Waals surface area contributed by atoms with E-state index in [9.17, 15) is 9.59 Å². The SMILES string of the molecule is Cc1ccc(NC(=O)C2CC(=O)N(c3cc(Cl)ccc3Cl)C2)cc1Cl. The number of rotatable bonds is 3. The standard InChI is InChI=1S/C18H15Cl3N2O2/c1-10-2-4-13(8-15(10)21)22-18(25)11-6-17(24)23(9-11)16-7-12(19)3-5-14(16)20/h2-5,7-8,11H,6,9H2,1H3,(H,22,25). The monoisotopic (exact) mass is 396 g/mol. The minimum absolute atomic E-state index is 0.119. The van der Waals surface area contributed by atoms with Crippen LogP contribution in [-0.4, -0.2) is 18.4 Å². The minimum Gasteiger partial charge on any atom is -0.326 e. The molecule has 0 aromatic heterocycles. The van der Waals surface area contributed by atoms with Crippen LogP contribution in [0.4, 0.5) is 11.4 Å². The molecule has 2 aromatic carbocycles. The maximum atomic E-state index is 12.5. The number of carbonyl (C=O) groups is 2. The summed E-state index contributed by atoms with van der Waals surface area (Å²) in [7, 11) is 0. The Balaban J connectivity index is 1.74. The van der Waals surface area contributed by atoms with Crippen LogP contribution in [0, 0.1) is 12.8 Å². The molecule has 0 spiro atoms.